The van der Waals surface area contributed by atoms with E-state index in [4.69, 9.17) is 0 Å². The predicted molar refractivity (Wildman–Crippen MR) is 394 cm³/mol. The summed E-state index contributed by atoms with van der Waals surface area (Å²) in [4.78, 5) is 21.6. The number of rotatable bonds is 0. The van der Waals surface area contributed by atoms with Crippen LogP contribution in [0.3, 0.4) is 0 Å². The first-order valence-electron chi connectivity index (χ1n) is 32.3. The lowest BCUT2D eigenvalue weighted by Gasteiger charge is -2.07. The van der Waals surface area contributed by atoms with Crippen molar-refractivity contribution in [2.45, 2.75) is 194 Å². The number of hydrogen-bond donors (Lipinski definition) is 0. The van der Waals surface area contributed by atoms with Gasteiger partial charge in [0.1, 0.15) is 0 Å². The van der Waals surface area contributed by atoms with E-state index in [1.54, 1.807) is 0 Å². The van der Waals surface area contributed by atoms with E-state index in [2.05, 4.69) is 250 Å². The largest absolute Gasteiger partial charge is 0.350 e. The number of hydrogen-bond acceptors (Lipinski definition) is 5. The molecule has 472 valence electrons. The molecule has 88 heavy (non-hydrogen) atoms. The highest BCUT2D eigenvalue weighted by atomic mass is 14.9. The Labute approximate surface area is 534 Å². The van der Waals surface area contributed by atoms with Crippen LogP contribution in [0.5, 0.6) is 0 Å². The lowest BCUT2D eigenvalue weighted by Crippen LogP contribution is -1.91. The summed E-state index contributed by atoms with van der Waals surface area (Å²) in [6.45, 7) is 58.2. The van der Waals surface area contributed by atoms with E-state index in [9.17, 15) is 0 Å². The van der Waals surface area contributed by atoms with Gasteiger partial charge in [0.2, 0.25) is 0 Å². The molecule has 0 bridgehead atoms. The van der Waals surface area contributed by atoms with Gasteiger partial charge in [-0.15, -0.1) is 0 Å². The Kier molecular flexibility index (Phi) is 35.2. The summed E-state index contributed by atoms with van der Waals surface area (Å²) in [6.07, 6.45) is 15.6. The van der Waals surface area contributed by atoms with E-state index in [0.717, 1.165) is 22.2 Å². The van der Waals surface area contributed by atoms with Crippen LogP contribution in [0, 0.1) is 111 Å². The minimum atomic E-state index is 1.08. The molecule has 0 aliphatic heterocycles. The zero-order valence-electron chi connectivity index (χ0n) is 60.4. The average Bonchev–Trinajstić information content (AvgIpc) is 2.53. The van der Waals surface area contributed by atoms with Crippen molar-refractivity contribution in [1.29, 1.82) is 0 Å². The average molecular weight is 1180 g/mol. The summed E-state index contributed by atoms with van der Waals surface area (Å²) in [5.74, 6) is 0. The molecule has 0 radical (unpaired) electrons. The van der Waals surface area contributed by atoms with Gasteiger partial charge in [-0.1, -0.05) is 138 Å². The van der Waals surface area contributed by atoms with Gasteiger partial charge in [-0.3, -0.25) is 24.9 Å². The molecule has 0 saturated heterocycles. The second-order valence-electron chi connectivity index (χ2n) is 20.7. The molecule has 0 amide bonds. The third-order valence-electron chi connectivity index (χ3n) is 15.5. The number of pyridine rings is 5. The monoisotopic (exact) mass is 1180 g/mol. The van der Waals surface area contributed by atoms with Crippen molar-refractivity contribution in [3.63, 3.8) is 0 Å². The van der Waals surface area contributed by atoms with Gasteiger partial charge in [0, 0.05) is 90.9 Å². The summed E-state index contributed by atoms with van der Waals surface area (Å²) in [5, 5.41) is 9.14. The van der Waals surface area contributed by atoms with Gasteiger partial charge in [0.15, 0.2) is 0 Å². The molecule has 0 unspecified atom stereocenters. The number of fused-ring (bicyclic) bond motifs is 6. The molecule has 12 aromatic rings. The zero-order valence-corrected chi connectivity index (χ0v) is 60.4. The topological polar surface area (TPSA) is 74.3 Å². The van der Waals surface area contributed by atoms with E-state index < -0.39 is 0 Å². The molecular formula is C81H113N7. The fraction of sp³-hybridized carbons (Fsp3) is 0.370. The molecule has 5 aromatic carbocycles. The van der Waals surface area contributed by atoms with E-state index >= 15 is 0 Å². The number of nitrogens with zero attached hydrogens (tertiary/aromatic N) is 7. The highest BCUT2D eigenvalue weighted by Crippen LogP contribution is 2.27. The summed E-state index contributed by atoms with van der Waals surface area (Å²) >= 11 is 0. The molecular weight excluding hydrogens is 1070 g/mol. The normalized spacial score (nSPS) is 9.70. The van der Waals surface area contributed by atoms with E-state index in [1.165, 1.54) is 132 Å². The van der Waals surface area contributed by atoms with Gasteiger partial charge in [-0.2, -0.15) is 0 Å². The number of aromatic nitrogens is 7. The molecule has 0 fully saturated rings. The van der Waals surface area contributed by atoms with Crippen LogP contribution < -0.4 is 0 Å². The van der Waals surface area contributed by atoms with Crippen LogP contribution in [-0.4, -0.2) is 34.1 Å². The molecule has 7 nitrogen and oxygen atoms in total. The summed E-state index contributed by atoms with van der Waals surface area (Å²) < 4.78 is 4.29. The molecule has 12 rings (SSSR count). The number of aryl methyl sites for hydroxylation is 18. The maximum Gasteiger partial charge on any atom is 0.0883 e. The Morgan fingerprint density at radius 2 is 0.682 bits per heavy atom. The molecule has 0 saturated carbocycles. The zero-order chi connectivity index (χ0) is 67.1. The van der Waals surface area contributed by atoms with Gasteiger partial charge in [-0.25, -0.2) is 0 Å². The van der Waals surface area contributed by atoms with Crippen LogP contribution in [0.25, 0.3) is 65.3 Å². The highest BCUT2D eigenvalue weighted by Gasteiger charge is 2.08. The lowest BCUT2D eigenvalue weighted by atomic mass is 9.99. The van der Waals surface area contributed by atoms with Gasteiger partial charge in [0.25, 0.3) is 0 Å². The Bertz CT molecular complexity index is 3600. The Hall–Kier alpha value is -8.03. The van der Waals surface area contributed by atoms with Crippen molar-refractivity contribution in [3.8, 4) is 0 Å². The van der Waals surface area contributed by atoms with Crippen molar-refractivity contribution in [3.05, 3.63) is 230 Å². The quantitative estimate of drug-likeness (QED) is 0.151. The first-order chi connectivity index (χ1) is 42.2. The Morgan fingerprint density at radius 1 is 0.261 bits per heavy atom. The van der Waals surface area contributed by atoms with Crippen LogP contribution in [0.4, 0.5) is 0 Å². The standard InChI is InChI=1S/4C12H13N.C11H13N.C10H12N2.6C2H6/c1-8-4-5-11-7-13-6-9(2)12(11)10(8)3;1-8-4-5-11-6-7-13-10(3)12(11)9(8)2;1-8-4-5-11-12(10(8)3)9(2)6-7-13-11;1-8-5-4-6-11-12(8)10(3)9(2)7-13-11;1-8-4-5-10-6-7-12(3)11(10)9(8)2;1-7-6-11-9-4-5-12(3)10(9)8(7)2;6*1-2/h4*4-7H,1-3H3;4-7H,1-3H3;4-6H,1-3H3;6*1-2H3. The number of benzene rings is 5. The molecule has 7 aromatic heterocycles. The highest BCUT2D eigenvalue weighted by molar-refractivity contribution is 5.90. The SMILES string of the molecule is CC.CC.CC.CC.CC.CC.Cc1ccc2ccn(C)c2c1C.Cc1ccc2ccnc(C)c2c1C.Cc1ccc2cncc(C)c2c1C.Cc1ccc2nccc(C)c2c1C.Cc1cnc2cccc(C)c2c1C.Cc1cnc2ccn(C)c2c1C. The second-order valence-corrected chi connectivity index (χ2v) is 20.7. The van der Waals surface area contributed by atoms with E-state index in [1.807, 2.05) is 133 Å². The fourth-order valence-electron chi connectivity index (χ4n) is 10.2. The van der Waals surface area contributed by atoms with E-state index in [-0.39, 0.29) is 0 Å². The first-order valence-corrected chi connectivity index (χ1v) is 32.3. The maximum atomic E-state index is 4.40. The summed E-state index contributed by atoms with van der Waals surface area (Å²) in [6, 6.07) is 31.8. The summed E-state index contributed by atoms with van der Waals surface area (Å²) in [7, 11) is 4.14. The summed E-state index contributed by atoms with van der Waals surface area (Å²) in [5.41, 5.74) is 26.9. The minimum absolute atomic E-state index is 1.08. The van der Waals surface area contributed by atoms with Crippen LogP contribution in [0.15, 0.2) is 141 Å². The Balaban J connectivity index is 0.000000510. The maximum absolute atomic E-state index is 4.40. The minimum Gasteiger partial charge on any atom is -0.350 e. The van der Waals surface area contributed by atoms with Crippen molar-refractivity contribution < 1.29 is 0 Å². The van der Waals surface area contributed by atoms with Crippen molar-refractivity contribution in [1.82, 2.24) is 34.1 Å². The smallest absolute Gasteiger partial charge is 0.0883 e. The van der Waals surface area contributed by atoms with Crippen molar-refractivity contribution in [2.24, 2.45) is 14.1 Å². The van der Waals surface area contributed by atoms with Gasteiger partial charge < -0.3 is 9.13 Å². The molecule has 7 heterocycles. The van der Waals surface area contributed by atoms with Gasteiger partial charge in [0.05, 0.1) is 27.6 Å². The fourth-order valence-corrected chi connectivity index (χ4v) is 10.2. The van der Waals surface area contributed by atoms with E-state index in [0.29, 0.717) is 0 Å². The Morgan fingerprint density at radius 3 is 1.27 bits per heavy atom. The molecule has 0 aliphatic rings. The van der Waals surface area contributed by atoms with Crippen LogP contribution in [0.2, 0.25) is 0 Å². The third-order valence-corrected chi connectivity index (χ3v) is 15.5. The second kappa shape index (κ2) is 39.7. The molecule has 7 heteroatoms. The third kappa shape index (κ3) is 20.0. The van der Waals surface area contributed by atoms with Crippen LogP contribution in [-0.2, 0) is 14.1 Å². The van der Waals surface area contributed by atoms with Gasteiger partial charge >= 0.3 is 0 Å². The lowest BCUT2D eigenvalue weighted by molar-refractivity contribution is 0.961. The molecule has 0 spiro atoms. The first kappa shape index (κ1) is 78.0. The van der Waals surface area contributed by atoms with Crippen molar-refractivity contribution >= 4 is 65.3 Å². The molecule has 0 aliphatic carbocycles. The van der Waals surface area contributed by atoms with Crippen molar-refractivity contribution in [2.75, 3.05) is 0 Å². The molecule has 0 N–H and O–H groups in total. The predicted octanol–water partition coefficient (Wildman–Crippen LogP) is 23.8. The van der Waals surface area contributed by atoms with Crippen LogP contribution in [0.1, 0.15) is 172 Å². The van der Waals surface area contributed by atoms with Crippen LogP contribution >= 0.6 is 0 Å². The molecule has 0 atom stereocenters. The van der Waals surface area contributed by atoms with Gasteiger partial charge in [-0.05, 0) is 247 Å².